The Balaban J connectivity index is 2.44. The van der Waals surface area contributed by atoms with Gasteiger partial charge in [0.2, 0.25) is 16.0 Å². The number of nitrogens with zero attached hydrogens (tertiary/aromatic N) is 2. The summed E-state index contributed by atoms with van der Waals surface area (Å²) in [6.07, 6.45) is 0. The zero-order valence-corrected chi connectivity index (χ0v) is 11.8. The lowest BCUT2D eigenvalue weighted by Crippen LogP contribution is -2.45. The van der Waals surface area contributed by atoms with Gasteiger partial charge in [-0.3, -0.25) is 9.59 Å². The highest BCUT2D eigenvalue weighted by molar-refractivity contribution is 7.17. The zero-order valence-electron chi connectivity index (χ0n) is 11.0. The van der Waals surface area contributed by atoms with Crippen LogP contribution >= 0.6 is 11.3 Å². The van der Waals surface area contributed by atoms with Crippen LogP contribution < -0.4 is 16.0 Å². The molecule has 3 N–H and O–H groups in total. The molecule has 106 valence electrons. The SMILES string of the molecule is CNc1nnc(C(=O)NC(C)C(=O)NCCOC)s1. The summed E-state index contributed by atoms with van der Waals surface area (Å²) in [6, 6.07) is -0.647. The van der Waals surface area contributed by atoms with Crippen molar-refractivity contribution >= 4 is 28.3 Å². The minimum Gasteiger partial charge on any atom is -0.383 e. The average molecular weight is 287 g/mol. The van der Waals surface area contributed by atoms with Crippen LogP contribution in [0.2, 0.25) is 0 Å². The van der Waals surface area contributed by atoms with Gasteiger partial charge in [-0.25, -0.2) is 0 Å². The standard InChI is InChI=1S/C10H17N5O3S/c1-6(7(16)12-4-5-18-3)13-8(17)9-14-15-10(11-2)19-9/h6H,4-5H2,1-3H3,(H,11,15)(H,12,16)(H,13,17). The molecule has 0 bridgehead atoms. The molecule has 0 radical (unpaired) electrons. The van der Waals surface area contributed by atoms with Crippen molar-refractivity contribution in [2.24, 2.45) is 0 Å². The van der Waals surface area contributed by atoms with Gasteiger partial charge in [0.1, 0.15) is 6.04 Å². The molecule has 0 spiro atoms. The number of amides is 2. The molecule has 0 saturated carbocycles. The van der Waals surface area contributed by atoms with Crippen LogP contribution in [0.15, 0.2) is 0 Å². The molecule has 0 saturated heterocycles. The van der Waals surface area contributed by atoms with Crippen LogP contribution in [-0.2, 0) is 9.53 Å². The molecular formula is C10H17N5O3S. The van der Waals surface area contributed by atoms with Crippen LogP contribution in [0, 0.1) is 0 Å². The molecule has 1 unspecified atom stereocenters. The second-order valence-corrected chi connectivity index (χ2v) is 4.62. The van der Waals surface area contributed by atoms with Crippen LogP contribution in [0.1, 0.15) is 16.7 Å². The first-order valence-electron chi connectivity index (χ1n) is 5.67. The molecule has 2 amide bonds. The first-order valence-corrected chi connectivity index (χ1v) is 6.49. The molecule has 1 heterocycles. The van der Waals surface area contributed by atoms with Crippen LogP contribution in [-0.4, -0.2) is 55.4 Å². The Bertz CT molecular complexity index is 437. The number of hydrogen-bond acceptors (Lipinski definition) is 7. The summed E-state index contributed by atoms with van der Waals surface area (Å²) in [5, 5.41) is 16.2. The molecule has 0 aromatic carbocycles. The summed E-state index contributed by atoms with van der Waals surface area (Å²) in [7, 11) is 3.24. The predicted octanol–water partition coefficient (Wildman–Crippen LogP) is -0.539. The molecule has 19 heavy (non-hydrogen) atoms. The number of ether oxygens (including phenoxy) is 1. The quantitative estimate of drug-likeness (QED) is 0.582. The predicted molar refractivity (Wildman–Crippen MR) is 71.3 cm³/mol. The fourth-order valence-electron chi connectivity index (χ4n) is 1.17. The van der Waals surface area contributed by atoms with Gasteiger partial charge in [0.05, 0.1) is 6.61 Å². The fourth-order valence-corrected chi connectivity index (χ4v) is 1.77. The van der Waals surface area contributed by atoms with Gasteiger partial charge in [-0.1, -0.05) is 11.3 Å². The van der Waals surface area contributed by atoms with Gasteiger partial charge in [-0.05, 0) is 6.92 Å². The van der Waals surface area contributed by atoms with E-state index in [4.69, 9.17) is 4.74 Å². The summed E-state index contributed by atoms with van der Waals surface area (Å²) < 4.78 is 4.81. The van der Waals surface area contributed by atoms with Crippen LogP contribution in [0.25, 0.3) is 0 Å². The summed E-state index contributed by atoms with van der Waals surface area (Å²) in [4.78, 5) is 23.4. The van der Waals surface area contributed by atoms with Gasteiger partial charge >= 0.3 is 0 Å². The highest BCUT2D eigenvalue weighted by Gasteiger charge is 2.19. The summed E-state index contributed by atoms with van der Waals surface area (Å²) in [5.41, 5.74) is 0. The number of carbonyl (C=O) groups excluding carboxylic acids is 2. The van der Waals surface area contributed by atoms with Crippen molar-refractivity contribution in [3.8, 4) is 0 Å². The van der Waals surface area contributed by atoms with Gasteiger partial charge in [0, 0.05) is 20.7 Å². The lowest BCUT2D eigenvalue weighted by molar-refractivity contribution is -0.122. The highest BCUT2D eigenvalue weighted by atomic mass is 32.1. The van der Waals surface area contributed by atoms with E-state index in [2.05, 4.69) is 26.1 Å². The van der Waals surface area contributed by atoms with Gasteiger partial charge < -0.3 is 20.7 Å². The molecular weight excluding hydrogens is 270 g/mol. The van der Waals surface area contributed by atoms with Gasteiger partial charge in [0.25, 0.3) is 5.91 Å². The zero-order chi connectivity index (χ0) is 14.3. The van der Waals surface area contributed by atoms with E-state index in [9.17, 15) is 9.59 Å². The molecule has 1 aromatic heterocycles. The summed E-state index contributed by atoms with van der Waals surface area (Å²) in [6.45, 7) is 2.42. The number of rotatable bonds is 7. The Labute approximate surface area is 114 Å². The van der Waals surface area contributed by atoms with E-state index in [1.165, 1.54) is 0 Å². The maximum absolute atomic E-state index is 11.8. The van der Waals surface area contributed by atoms with Crippen molar-refractivity contribution in [2.75, 3.05) is 32.6 Å². The van der Waals surface area contributed by atoms with E-state index in [1.54, 1.807) is 21.1 Å². The van der Waals surface area contributed by atoms with Crippen LogP contribution in [0.5, 0.6) is 0 Å². The third kappa shape index (κ3) is 4.79. The monoisotopic (exact) mass is 287 g/mol. The topological polar surface area (TPSA) is 105 Å². The van der Waals surface area contributed by atoms with Gasteiger partial charge in [-0.15, -0.1) is 10.2 Å². The molecule has 1 atom stereocenters. The van der Waals surface area contributed by atoms with Crippen molar-refractivity contribution in [3.63, 3.8) is 0 Å². The molecule has 1 rings (SSSR count). The third-order valence-electron chi connectivity index (χ3n) is 2.18. The maximum atomic E-state index is 11.8. The Kier molecular flexibility index (Phi) is 6.16. The second kappa shape index (κ2) is 7.64. The first kappa shape index (κ1) is 15.3. The van der Waals surface area contributed by atoms with E-state index in [1.807, 2.05) is 0 Å². The third-order valence-corrected chi connectivity index (χ3v) is 3.12. The molecule has 1 aromatic rings. The largest absolute Gasteiger partial charge is 0.383 e. The lowest BCUT2D eigenvalue weighted by atomic mass is 10.3. The van der Waals surface area contributed by atoms with E-state index >= 15 is 0 Å². The number of anilines is 1. The molecule has 8 nitrogen and oxygen atoms in total. The van der Waals surface area contributed by atoms with Crippen molar-refractivity contribution in [3.05, 3.63) is 5.01 Å². The van der Waals surface area contributed by atoms with Crippen LogP contribution in [0.4, 0.5) is 5.13 Å². The normalized spacial score (nSPS) is 11.7. The molecule has 9 heteroatoms. The molecule has 0 aliphatic heterocycles. The van der Waals surface area contributed by atoms with Crippen molar-refractivity contribution in [1.82, 2.24) is 20.8 Å². The van der Waals surface area contributed by atoms with Crippen molar-refractivity contribution in [1.29, 1.82) is 0 Å². The fraction of sp³-hybridized carbons (Fsp3) is 0.600. The molecule has 0 aliphatic rings. The number of aromatic nitrogens is 2. The number of carbonyl (C=O) groups is 2. The van der Waals surface area contributed by atoms with Crippen molar-refractivity contribution < 1.29 is 14.3 Å². The van der Waals surface area contributed by atoms with Crippen LogP contribution in [0.3, 0.4) is 0 Å². The summed E-state index contributed by atoms with van der Waals surface area (Å²) in [5.74, 6) is -0.697. The number of methoxy groups -OCH3 is 1. The smallest absolute Gasteiger partial charge is 0.282 e. The average Bonchev–Trinajstić information content (AvgIpc) is 2.87. The number of nitrogens with one attached hydrogen (secondary N) is 3. The Morgan fingerprint density at radius 3 is 2.74 bits per heavy atom. The Morgan fingerprint density at radius 2 is 2.16 bits per heavy atom. The first-order chi connectivity index (χ1) is 9.08. The summed E-state index contributed by atoms with van der Waals surface area (Å²) >= 11 is 1.12. The molecule has 0 fully saturated rings. The maximum Gasteiger partial charge on any atom is 0.282 e. The van der Waals surface area contributed by atoms with Gasteiger partial charge in [0.15, 0.2) is 0 Å². The number of hydrogen-bond donors (Lipinski definition) is 3. The van der Waals surface area contributed by atoms with E-state index in [-0.39, 0.29) is 10.9 Å². The van der Waals surface area contributed by atoms with E-state index < -0.39 is 11.9 Å². The van der Waals surface area contributed by atoms with E-state index in [0.29, 0.717) is 18.3 Å². The molecule has 0 aliphatic carbocycles. The minimum atomic E-state index is -0.647. The van der Waals surface area contributed by atoms with Crippen molar-refractivity contribution in [2.45, 2.75) is 13.0 Å². The Morgan fingerprint density at radius 1 is 1.42 bits per heavy atom. The lowest BCUT2D eigenvalue weighted by Gasteiger charge is -2.12. The van der Waals surface area contributed by atoms with Gasteiger partial charge in [-0.2, -0.15) is 0 Å². The Hall–Kier alpha value is -1.74. The minimum absolute atomic E-state index is 0.209. The highest BCUT2D eigenvalue weighted by Crippen LogP contribution is 2.13. The van der Waals surface area contributed by atoms with E-state index in [0.717, 1.165) is 11.3 Å². The second-order valence-electron chi connectivity index (χ2n) is 3.64.